The molecule has 0 aliphatic carbocycles. The second kappa shape index (κ2) is 17.6. The molecule has 0 amide bonds. The topological polar surface area (TPSA) is 94.6 Å². The normalized spacial score (nSPS) is 18.0. The maximum absolute atomic E-state index is 12.9. The first-order valence-electron chi connectivity index (χ1n) is 13.0. The second-order valence-corrected chi connectivity index (χ2v) is 10.4. The molecule has 2 aromatic rings. The molecular formula is C26H39ClF3N5O3S. The number of ether oxygens (including phenoxy) is 2. The molecule has 39 heavy (non-hydrogen) atoms. The number of hydrogen-bond donors (Lipinski definition) is 2. The van der Waals surface area contributed by atoms with E-state index in [-0.39, 0.29) is 22.4 Å². The zero-order chi connectivity index (χ0) is 28.8. The smallest absolute Gasteiger partial charge is 0.387 e. The van der Waals surface area contributed by atoms with Gasteiger partial charge in [-0.1, -0.05) is 24.6 Å². The zero-order valence-corrected chi connectivity index (χ0v) is 24.2. The third-order valence-electron chi connectivity index (χ3n) is 6.41. The molecule has 1 atom stereocenters. The van der Waals surface area contributed by atoms with Gasteiger partial charge in [0.05, 0.1) is 36.6 Å². The molecule has 0 bridgehead atoms. The van der Waals surface area contributed by atoms with Crippen LogP contribution in [0.2, 0.25) is 5.02 Å². The van der Waals surface area contributed by atoms with Crippen LogP contribution in [0.4, 0.5) is 18.9 Å². The summed E-state index contributed by atoms with van der Waals surface area (Å²) in [7, 11) is 2.00. The molecule has 13 heteroatoms. The minimum Gasteiger partial charge on any atom is -0.434 e. The van der Waals surface area contributed by atoms with E-state index in [1.165, 1.54) is 23.7 Å². The first-order chi connectivity index (χ1) is 18.9. The van der Waals surface area contributed by atoms with Gasteiger partial charge in [0.1, 0.15) is 10.8 Å². The number of nitrogens with one attached hydrogen (secondary N) is 1. The summed E-state index contributed by atoms with van der Waals surface area (Å²) in [5, 5.41) is 7.81. The van der Waals surface area contributed by atoms with Gasteiger partial charge in [0.15, 0.2) is 0 Å². The molecule has 220 valence electrons. The molecule has 0 spiro atoms. The van der Waals surface area contributed by atoms with Gasteiger partial charge in [0, 0.05) is 26.2 Å². The molecule has 2 fully saturated rings. The molecule has 1 aromatic carbocycles. The van der Waals surface area contributed by atoms with Gasteiger partial charge in [0.25, 0.3) is 5.56 Å². The maximum Gasteiger partial charge on any atom is 0.387 e. The van der Waals surface area contributed by atoms with Crippen molar-refractivity contribution in [1.82, 2.24) is 14.1 Å². The molecule has 2 aliphatic heterocycles. The number of alkyl halides is 3. The van der Waals surface area contributed by atoms with Crippen LogP contribution >= 0.6 is 23.5 Å². The first-order valence-corrected chi connectivity index (χ1v) is 14.1. The van der Waals surface area contributed by atoms with Gasteiger partial charge in [-0.2, -0.15) is 13.9 Å². The number of aromatic nitrogens is 2. The number of anilines is 1. The highest BCUT2D eigenvalue weighted by atomic mass is 35.5. The zero-order valence-electron chi connectivity index (χ0n) is 22.7. The number of nitrogens with zero attached hydrogens (tertiary/aromatic N) is 3. The van der Waals surface area contributed by atoms with Crippen molar-refractivity contribution in [1.29, 1.82) is 0 Å². The molecule has 1 unspecified atom stereocenters. The van der Waals surface area contributed by atoms with Crippen molar-refractivity contribution in [3.05, 3.63) is 45.3 Å². The summed E-state index contributed by atoms with van der Waals surface area (Å²) in [5.74, 6) is 0.575. The largest absolute Gasteiger partial charge is 0.434 e. The van der Waals surface area contributed by atoms with Crippen molar-refractivity contribution in [2.75, 3.05) is 52.4 Å². The van der Waals surface area contributed by atoms with E-state index in [1.54, 1.807) is 18.3 Å². The third-order valence-corrected chi connectivity index (χ3v) is 7.91. The van der Waals surface area contributed by atoms with Gasteiger partial charge in [-0.15, -0.1) is 0 Å². The van der Waals surface area contributed by atoms with Crippen LogP contribution in [0.25, 0.3) is 0 Å². The number of hydrogen-bond acceptors (Lipinski definition) is 8. The van der Waals surface area contributed by atoms with E-state index in [2.05, 4.69) is 20.5 Å². The maximum atomic E-state index is 12.9. The predicted octanol–water partition coefficient (Wildman–Crippen LogP) is 5.40. The molecule has 3 N–H and O–H groups in total. The van der Waals surface area contributed by atoms with E-state index in [1.807, 2.05) is 13.0 Å². The number of nitrogens with two attached hydrogens (primary N) is 1. The first kappa shape index (κ1) is 33.2. The van der Waals surface area contributed by atoms with Crippen molar-refractivity contribution in [3.8, 4) is 5.75 Å². The minimum atomic E-state index is -2.87. The van der Waals surface area contributed by atoms with Gasteiger partial charge < -0.3 is 20.5 Å². The van der Waals surface area contributed by atoms with Gasteiger partial charge in [-0.3, -0.25) is 9.18 Å². The summed E-state index contributed by atoms with van der Waals surface area (Å²) in [6, 6.07) is 5.22. The molecule has 0 saturated carbocycles. The standard InChI is InChI=1S/C24H31ClF2N4O3S.CH3F.CH5N/c1-2-16-5-6-20(34-24(26)27)21(12-16)35-30-9-7-18(8-10-30)31-23(32)22(25)19(14-29-31)28-13-17-4-3-11-33-15-17;2*1-2/h5-6,12,14,17-18,24,28H,2-4,7-11,13,15H2,1H3;1H3;2H2,1H3. The Morgan fingerprint density at radius 1 is 1.26 bits per heavy atom. The fraction of sp³-hybridized carbons (Fsp3) is 0.615. The molecular weight excluding hydrogens is 555 g/mol. The number of piperidine rings is 1. The summed E-state index contributed by atoms with van der Waals surface area (Å²) in [4.78, 5) is 13.6. The highest BCUT2D eigenvalue weighted by Crippen LogP contribution is 2.36. The SMILES string of the molecule is CCc1ccc(OC(F)F)c(SN2CCC(n3ncc(NCC4CCCOC4)c(Cl)c3=O)CC2)c1.CF.CN. The van der Waals surface area contributed by atoms with Gasteiger partial charge in [-0.25, -0.2) is 8.99 Å². The van der Waals surface area contributed by atoms with E-state index in [0.717, 1.165) is 31.4 Å². The lowest BCUT2D eigenvalue weighted by Gasteiger charge is -2.31. The monoisotopic (exact) mass is 593 g/mol. The number of benzene rings is 1. The molecule has 0 radical (unpaired) electrons. The van der Waals surface area contributed by atoms with Gasteiger partial charge in [0.2, 0.25) is 0 Å². The molecule has 2 saturated heterocycles. The fourth-order valence-corrected chi connectivity index (χ4v) is 5.69. The predicted molar refractivity (Wildman–Crippen MR) is 151 cm³/mol. The summed E-state index contributed by atoms with van der Waals surface area (Å²) < 4.78 is 49.0. The van der Waals surface area contributed by atoms with Crippen molar-refractivity contribution >= 4 is 29.2 Å². The molecule has 8 nitrogen and oxygen atoms in total. The van der Waals surface area contributed by atoms with Crippen molar-refractivity contribution in [2.45, 2.75) is 56.6 Å². The van der Waals surface area contributed by atoms with E-state index < -0.39 is 6.61 Å². The Morgan fingerprint density at radius 3 is 2.59 bits per heavy atom. The quantitative estimate of drug-likeness (QED) is 0.373. The summed E-state index contributed by atoms with van der Waals surface area (Å²) in [6.07, 6.45) is 5.95. The Kier molecular flexibility index (Phi) is 15.0. The van der Waals surface area contributed by atoms with Gasteiger partial charge in [-0.05, 0) is 74.7 Å². The Labute approximate surface area is 237 Å². The van der Waals surface area contributed by atoms with Crippen LogP contribution in [0.15, 0.2) is 34.1 Å². The van der Waals surface area contributed by atoms with E-state index in [4.69, 9.17) is 21.1 Å². The number of halogens is 4. The average Bonchev–Trinajstić information content (AvgIpc) is 2.98. The van der Waals surface area contributed by atoms with Crippen LogP contribution in [0.5, 0.6) is 5.75 Å². The highest BCUT2D eigenvalue weighted by Gasteiger charge is 2.25. The Balaban J connectivity index is 0.00000127. The van der Waals surface area contributed by atoms with Crippen LogP contribution in [0, 0.1) is 5.92 Å². The third kappa shape index (κ3) is 9.86. The van der Waals surface area contributed by atoms with Crippen LogP contribution in [0.1, 0.15) is 44.2 Å². The van der Waals surface area contributed by atoms with Crippen LogP contribution < -0.4 is 21.3 Å². The van der Waals surface area contributed by atoms with Crippen LogP contribution in [-0.4, -0.2) is 67.8 Å². The Bertz CT molecular complexity index is 1050. The lowest BCUT2D eigenvalue weighted by atomic mass is 10.0. The summed E-state index contributed by atoms with van der Waals surface area (Å²) in [5.41, 5.74) is 5.80. The molecule has 1 aromatic heterocycles. The van der Waals surface area contributed by atoms with E-state index in [0.29, 0.717) is 62.8 Å². The molecule has 2 aliphatic rings. The molecule has 3 heterocycles. The van der Waals surface area contributed by atoms with Crippen LogP contribution in [-0.2, 0) is 11.2 Å². The fourth-order valence-electron chi connectivity index (χ4n) is 4.41. The second-order valence-electron chi connectivity index (χ2n) is 8.85. The summed E-state index contributed by atoms with van der Waals surface area (Å²) in [6.45, 7) is 2.71. The molecule has 4 rings (SSSR count). The lowest BCUT2D eigenvalue weighted by Crippen LogP contribution is -2.36. The average molecular weight is 594 g/mol. The van der Waals surface area contributed by atoms with E-state index in [9.17, 15) is 18.0 Å². The Hall–Kier alpha value is -1.99. The number of rotatable bonds is 9. The Morgan fingerprint density at radius 2 is 1.97 bits per heavy atom. The summed E-state index contributed by atoms with van der Waals surface area (Å²) >= 11 is 7.81. The van der Waals surface area contributed by atoms with Crippen molar-refractivity contribution < 1.29 is 22.6 Å². The van der Waals surface area contributed by atoms with E-state index >= 15 is 0 Å². The minimum absolute atomic E-state index is 0.0728. The van der Waals surface area contributed by atoms with Crippen LogP contribution in [0.3, 0.4) is 0 Å². The highest BCUT2D eigenvalue weighted by molar-refractivity contribution is 7.97. The van der Waals surface area contributed by atoms with Crippen molar-refractivity contribution in [2.24, 2.45) is 11.7 Å². The lowest BCUT2D eigenvalue weighted by molar-refractivity contribution is -0.0517. The number of aryl methyl sites for hydroxylation is 1. The van der Waals surface area contributed by atoms with Crippen molar-refractivity contribution in [3.63, 3.8) is 0 Å². The van der Waals surface area contributed by atoms with Gasteiger partial charge >= 0.3 is 6.61 Å².